The summed E-state index contributed by atoms with van der Waals surface area (Å²) in [6, 6.07) is -1.54. The average molecular weight is 325 g/mol. The molecule has 2 unspecified atom stereocenters. The predicted molar refractivity (Wildman–Crippen MR) is 84.7 cm³/mol. The lowest BCUT2D eigenvalue weighted by atomic mass is 10.00. The lowest BCUT2D eigenvalue weighted by Crippen LogP contribution is -2.61. The Kier molecular flexibility index (Phi) is 4.71. The van der Waals surface area contributed by atoms with Crippen molar-refractivity contribution in [3.8, 4) is 0 Å². The molecule has 3 N–H and O–H groups in total. The van der Waals surface area contributed by atoms with Crippen LogP contribution in [0.25, 0.3) is 0 Å². The summed E-state index contributed by atoms with van der Waals surface area (Å²) in [6.07, 6.45) is 0.507. The van der Waals surface area contributed by atoms with E-state index in [1.165, 1.54) is 0 Å². The lowest BCUT2D eigenvalue weighted by Gasteiger charge is -2.31. The Morgan fingerprint density at radius 3 is 2.43 bits per heavy atom. The van der Waals surface area contributed by atoms with Gasteiger partial charge in [-0.2, -0.15) is 0 Å². The van der Waals surface area contributed by atoms with E-state index in [-0.39, 0.29) is 35.9 Å². The van der Waals surface area contributed by atoms with Crippen LogP contribution in [0.5, 0.6) is 0 Å². The molecule has 0 aliphatic carbocycles. The molecular weight excluding hydrogens is 298 g/mol. The second-order valence-electron chi connectivity index (χ2n) is 7.97. The van der Waals surface area contributed by atoms with Gasteiger partial charge in [-0.3, -0.25) is 19.7 Å². The first-order chi connectivity index (χ1) is 10.5. The zero-order valence-electron chi connectivity index (χ0n) is 14.4. The van der Waals surface area contributed by atoms with Gasteiger partial charge in [0, 0.05) is 5.54 Å². The minimum atomic E-state index is -1.05. The Morgan fingerprint density at radius 1 is 1.35 bits per heavy atom. The van der Waals surface area contributed by atoms with Crippen LogP contribution in [0.2, 0.25) is 0 Å². The highest BCUT2D eigenvalue weighted by atomic mass is 16.4. The summed E-state index contributed by atoms with van der Waals surface area (Å²) in [7, 11) is 0. The maximum atomic E-state index is 12.6. The third-order valence-electron chi connectivity index (χ3n) is 4.13. The predicted octanol–water partition coefficient (Wildman–Crippen LogP) is 0.342. The molecule has 7 nitrogen and oxygen atoms in total. The number of carbonyl (C=O) groups is 3. The number of nitrogens with one attached hydrogen (secondary N) is 2. The zero-order chi connectivity index (χ0) is 17.5. The fraction of sp³-hybridized carbons (Fsp3) is 0.812. The third kappa shape index (κ3) is 4.02. The Balaban J connectivity index is 2.17. The highest BCUT2D eigenvalue weighted by Gasteiger charge is 2.61. The van der Waals surface area contributed by atoms with Gasteiger partial charge in [0.2, 0.25) is 11.8 Å². The molecule has 0 spiro atoms. The largest absolute Gasteiger partial charge is 0.481 e. The minimum Gasteiger partial charge on any atom is -0.481 e. The van der Waals surface area contributed by atoms with E-state index in [1.807, 2.05) is 20.8 Å². The number of carboxylic acid groups (broad SMARTS) is 1. The highest BCUT2D eigenvalue weighted by molar-refractivity contribution is 5.94. The number of amides is 2. The van der Waals surface area contributed by atoms with Gasteiger partial charge in [0.25, 0.3) is 0 Å². The SMILES string of the molecule is CC(C)C[C@@H]1[C@H]2C(C(=O)NC(C)(C)C)NC(CC(=O)O)C(=O)N12. The monoisotopic (exact) mass is 325 g/mol. The third-order valence-corrected chi connectivity index (χ3v) is 4.13. The van der Waals surface area contributed by atoms with Gasteiger partial charge in [-0.25, -0.2) is 0 Å². The maximum absolute atomic E-state index is 12.6. The van der Waals surface area contributed by atoms with E-state index >= 15 is 0 Å². The van der Waals surface area contributed by atoms with Crippen LogP contribution in [-0.4, -0.2) is 57.5 Å². The van der Waals surface area contributed by atoms with Crippen molar-refractivity contribution in [1.82, 2.24) is 15.5 Å². The Bertz CT molecular complexity index is 512. The molecule has 2 fully saturated rings. The quantitative estimate of drug-likeness (QED) is 0.633. The van der Waals surface area contributed by atoms with Crippen LogP contribution in [-0.2, 0) is 14.4 Å². The standard InChI is InChI=1S/C16H27N3O4/c1-8(2)6-10-13-12(14(22)18-16(3,4)5)17-9(7-11(20)21)15(23)19(10)13/h8-10,12-13,17H,6-7H2,1-5H3,(H,18,22)(H,20,21)/t9?,10-,12?,13+,19?/m1/s1. The molecule has 2 amide bonds. The van der Waals surface area contributed by atoms with Gasteiger partial charge in [0.15, 0.2) is 0 Å². The number of nitrogens with zero attached hydrogens (tertiary/aromatic N) is 1. The summed E-state index contributed by atoms with van der Waals surface area (Å²) in [5.74, 6) is -1.03. The van der Waals surface area contributed by atoms with E-state index in [0.29, 0.717) is 5.92 Å². The van der Waals surface area contributed by atoms with Crippen LogP contribution in [0.1, 0.15) is 47.5 Å². The number of carboxylic acids is 1. The van der Waals surface area contributed by atoms with Crippen molar-refractivity contribution < 1.29 is 19.5 Å². The summed E-state index contributed by atoms with van der Waals surface area (Å²) in [5, 5.41) is 14.9. The Labute approximate surface area is 136 Å². The van der Waals surface area contributed by atoms with Crippen LogP contribution < -0.4 is 10.6 Å². The van der Waals surface area contributed by atoms with Crippen LogP contribution in [0, 0.1) is 5.92 Å². The lowest BCUT2D eigenvalue weighted by molar-refractivity contribution is -0.143. The van der Waals surface area contributed by atoms with Gasteiger partial charge in [0.1, 0.15) is 6.04 Å². The van der Waals surface area contributed by atoms with Gasteiger partial charge in [-0.1, -0.05) is 13.8 Å². The molecule has 2 saturated heterocycles. The maximum Gasteiger partial charge on any atom is 0.305 e. The van der Waals surface area contributed by atoms with E-state index in [0.717, 1.165) is 6.42 Å². The molecule has 0 aromatic rings. The molecular formula is C16H27N3O4. The summed E-state index contributed by atoms with van der Waals surface area (Å²) in [6.45, 7) is 9.82. The van der Waals surface area contributed by atoms with Crippen molar-refractivity contribution in [3.63, 3.8) is 0 Å². The van der Waals surface area contributed by atoms with Gasteiger partial charge in [-0.15, -0.1) is 0 Å². The molecule has 0 aromatic heterocycles. The molecule has 2 aliphatic heterocycles. The second-order valence-corrected chi connectivity index (χ2v) is 7.97. The number of rotatable bonds is 5. The highest BCUT2D eigenvalue weighted by Crippen LogP contribution is 2.40. The first kappa shape index (κ1) is 17.7. The number of aliphatic carboxylic acids is 1. The minimum absolute atomic E-state index is 0.0181. The number of carbonyl (C=O) groups excluding carboxylic acids is 2. The Hall–Kier alpha value is -1.63. The van der Waals surface area contributed by atoms with E-state index in [4.69, 9.17) is 5.11 Å². The number of hydrogen-bond donors (Lipinski definition) is 3. The first-order valence-corrected chi connectivity index (χ1v) is 8.13. The van der Waals surface area contributed by atoms with Crippen molar-refractivity contribution in [3.05, 3.63) is 0 Å². The number of hydrogen-bond acceptors (Lipinski definition) is 4. The molecule has 0 saturated carbocycles. The summed E-state index contributed by atoms with van der Waals surface area (Å²) in [5.41, 5.74) is -0.379. The summed E-state index contributed by atoms with van der Waals surface area (Å²) < 4.78 is 0. The first-order valence-electron chi connectivity index (χ1n) is 8.13. The second kappa shape index (κ2) is 6.11. The van der Waals surface area contributed by atoms with E-state index < -0.39 is 18.1 Å². The molecule has 2 heterocycles. The molecule has 0 bridgehead atoms. The molecule has 2 aliphatic rings. The van der Waals surface area contributed by atoms with Gasteiger partial charge in [0.05, 0.1) is 24.5 Å². The average Bonchev–Trinajstić information content (AvgIpc) is 3.03. The van der Waals surface area contributed by atoms with Crippen LogP contribution in [0.15, 0.2) is 0 Å². The molecule has 130 valence electrons. The topological polar surface area (TPSA) is 98.5 Å². The fourth-order valence-electron chi connectivity index (χ4n) is 3.30. The van der Waals surface area contributed by atoms with Crippen LogP contribution in [0.4, 0.5) is 0 Å². The van der Waals surface area contributed by atoms with E-state index in [2.05, 4.69) is 24.5 Å². The molecule has 7 heteroatoms. The van der Waals surface area contributed by atoms with E-state index in [1.54, 1.807) is 4.90 Å². The molecule has 0 aromatic carbocycles. The van der Waals surface area contributed by atoms with Crippen LogP contribution >= 0.6 is 0 Å². The van der Waals surface area contributed by atoms with Crippen molar-refractivity contribution in [2.45, 2.75) is 77.2 Å². The van der Waals surface area contributed by atoms with Crippen molar-refractivity contribution >= 4 is 17.8 Å². The fourth-order valence-corrected chi connectivity index (χ4v) is 3.30. The molecule has 23 heavy (non-hydrogen) atoms. The number of piperazine rings is 1. The van der Waals surface area contributed by atoms with Gasteiger partial charge >= 0.3 is 5.97 Å². The molecule has 4 atom stereocenters. The number of fused-ring (bicyclic) bond motifs is 1. The molecule has 0 radical (unpaired) electrons. The van der Waals surface area contributed by atoms with Gasteiger partial charge in [-0.05, 0) is 33.1 Å². The van der Waals surface area contributed by atoms with Crippen molar-refractivity contribution in [2.75, 3.05) is 0 Å². The van der Waals surface area contributed by atoms with E-state index in [9.17, 15) is 14.4 Å². The van der Waals surface area contributed by atoms with Gasteiger partial charge < -0.3 is 15.3 Å². The van der Waals surface area contributed by atoms with Crippen molar-refractivity contribution in [2.24, 2.45) is 5.92 Å². The van der Waals surface area contributed by atoms with Crippen molar-refractivity contribution in [1.29, 1.82) is 0 Å². The zero-order valence-corrected chi connectivity index (χ0v) is 14.4. The molecule has 2 rings (SSSR count). The smallest absolute Gasteiger partial charge is 0.305 e. The Morgan fingerprint density at radius 2 is 1.96 bits per heavy atom. The van der Waals surface area contributed by atoms with Crippen LogP contribution in [0.3, 0.4) is 0 Å². The summed E-state index contributed by atoms with van der Waals surface area (Å²) in [4.78, 5) is 37.7. The normalized spacial score (nSPS) is 30.2. The summed E-state index contributed by atoms with van der Waals surface area (Å²) >= 11 is 0.